The van der Waals surface area contributed by atoms with E-state index in [9.17, 15) is 18.0 Å². The SMILES string of the molecule is CCN(CC)S(=O)(=O)c1ccc(NC(=O)COC(=O)C=Cc2cccs2)cc1. The van der Waals surface area contributed by atoms with Gasteiger partial charge in [0.25, 0.3) is 5.91 Å². The molecule has 0 atom stereocenters. The second-order valence-electron chi connectivity index (χ2n) is 5.62. The summed E-state index contributed by atoms with van der Waals surface area (Å²) in [5, 5.41) is 4.44. The van der Waals surface area contributed by atoms with Gasteiger partial charge in [-0.3, -0.25) is 4.79 Å². The highest BCUT2D eigenvalue weighted by Crippen LogP contribution is 2.18. The van der Waals surface area contributed by atoms with Crippen molar-refractivity contribution >= 4 is 45.0 Å². The Labute approximate surface area is 168 Å². The van der Waals surface area contributed by atoms with Crippen molar-refractivity contribution in [2.75, 3.05) is 25.0 Å². The highest BCUT2D eigenvalue weighted by molar-refractivity contribution is 7.89. The van der Waals surface area contributed by atoms with Crippen molar-refractivity contribution in [1.82, 2.24) is 4.31 Å². The third kappa shape index (κ3) is 6.01. The molecular weight excluding hydrogens is 400 g/mol. The molecule has 0 unspecified atom stereocenters. The fourth-order valence-electron chi connectivity index (χ4n) is 2.34. The second-order valence-corrected chi connectivity index (χ2v) is 8.54. The van der Waals surface area contributed by atoms with Crippen LogP contribution < -0.4 is 5.32 Å². The molecule has 7 nitrogen and oxygen atoms in total. The number of rotatable bonds is 9. The van der Waals surface area contributed by atoms with E-state index in [1.807, 2.05) is 17.5 Å². The van der Waals surface area contributed by atoms with Crippen molar-refractivity contribution in [3.63, 3.8) is 0 Å². The maximum absolute atomic E-state index is 12.4. The molecule has 0 saturated carbocycles. The molecule has 150 valence electrons. The molecule has 0 spiro atoms. The van der Waals surface area contributed by atoms with Crippen LogP contribution >= 0.6 is 11.3 Å². The largest absolute Gasteiger partial charge is 0.452 e. The number of nitrogens with zero attached hydrogens (tertiary/aromatic N) is 1. The Balaban J connectivity index is 1.88. The molecule has 1 aromatic carbocycles. The number of benzene rings is 1. The summed E-state index contributed by atoms with van der Waals surface area (Å²) in [6, 6.07) is 9.56. The summed E-state index contributed by atoms with van der Waals surface area (Å²) in [6.07, 6.45) is 2.87. The normalized spacial score (nSPS) is 11.7. The Morgan fingerprint density at radius 2 is 1.82 bits per heavy atom. The number of sulfonamides is 1. The number of hydrogen-bond donors (Lipinski definition) is 1. The van der Waals surface area contributed by atoms with Gasteiger partial charge in [-0.1, -0.05) is 19.9 Å². The fourth-order valence-corrected chi connectivity index (χ4v) is 4.42. The van der Waals surface area contributed by atoms with E-state index in [1.165, 1.54) is 46.0 Å². The van der Waals surface area contributed by atoms with Gasteiger partial charge in [-0.25, -0.2) is 13.2 Å². The van der Waals surface area contributed by atoms with Crippen LogP contribution in [0.5, 0.6) is 0 Å². The molecule has 28 heavy (non-hydrogen) atoms. The Kier molecular flexibility index (Phi) is 7.91. The summed E-state index contributed by atoms with van der Waals surface area (Å²) in [5.74, 6) is -1.14. The summed E-state index contributed by atoms with van der Waals surface area (Å²) in [6.45, 7) is 3.86. The predicted molar refractivity (Wildman–Crippen MR) is 109 cm³/mol. The van der Waals surface area contributed by atoms with Crippen molar-refractivity contribution in [3.05, 3.63) is 52.7 Å². The van der Waals surface area contributed by atoms with E-state index in [-0.39, 0.29) is 4.90 Å². The highest BCUT2D eigenvalue weighted by atomic mass is 32.2. The number of thiophene rings is 1. The van der Waals surface area contributed by atoms with E-state index < -0.39 is 28.5 Å². The average Bonchev–Trinajstić information content (AvgIpc) is 3.19. The minimum absolute atomic E-state index is 0.152. The molecule has 1 amide bonds. The maximum atomic E-state index is 12.4. The van der Waals surface area contributed by atoms with Gasteiger partial charge in [0.05, 0.1) is 4.90 Å². The van der Waals surface area contributed by atoms with Gasteiger partial charge < -0.3 is 10.1 Å². The lowest BCUT2D eigenvalue weighted by Gasteiger charge is -2.18. The van der Waals surface area contributed by atoms with Crippen molar-refractivity contribution in [2.24, 2.45) is 0 Å². The van der Waals surface area contributed by atoms with Crippen LogP contribution in [0.3, 0.4) is 0 Å². The van der Waals surface area contributed by atoms with Gasteiger partial charge in [-0.05, 0) is 41.8 Å². The van der Waals surface area contributed by atoms with Gasteiger partial charge in [0, 0.05) is 29.7 Å². The zero-order chi connectivity index (χ0) is 20.6. The first kappa shape index (κ1) is 21.8. The molecule has 0 aliphatic heterocycles. The average molecular weight is 423 g/mol. The summed E-state index contributed by atoms with van der Waals surface area (Å²) in [4.78, 5) is 24.6. The van der Waals surface area contributed by atoms with Gasteiger partial charge in [0.2, 0.25) is 10.0 Å². The van der Waals surface area contributed by atoms with Crippen LogP contribution in [-0.2, 0) is 24.3 Å². The molecule has 1 heterocycles. The smallest absolute Gasteiger partial charge is 0.331 e. The maximum Gasteiger partial charge on any atom is 0.331 e. The number of ether oxygens (including phenoxy) is 1. The van der Waals surface area contributed by atoms with Crippen LogP contribution in [0, 0.1) is 0 Å². The lowest BCUT2D eigenvalue weighted by atomic mass is 10.3. The van der Waals surface area contributed by atoms with Gasteiger partial charge >= 0.3 is 5.97 Å². The predicted octanol–water partition coefficient (Wildman–Crippen LogP) is 2.97. The molecular formula is C19H22N2O5S2. The van der Waals surface area contributed by atoms with Crippen molar-refractivity contribution in [3.8, 4) is 0 Å². The van der Waals surface area contributed by atoms with Crippen molar-refractivity contribution in [2.45, 2.75) is 18.7 Å². The molecule has 9 heteroatoms. The molecule has 0 bridgehead atoms. The van der Waals surface area contributed by atoms with E-state index in [1.54, 1.807) is 19.9 Å². The molecule has 0 radical (unpaired) electrons. The monoisotopic (exact) mass is 422 g/mol. The summed E-state index contributed by atoms with van der Waals surface area (Å²) in [5.41, 5.74) is 0.411. The highest BCUT2D eigenvalue weighted by Gasteiger charge is 2.21. The molecule has 0 saturated heterocycles. The van der Waals surface area contributed by atoms with Gasteiger partial charge in [0.1, 0.15) is 0 Å². The zero-order valence-corrected chi connectivity index (χ0v) is 17.3. The van der Waals surface area contributed by atoms with Crippen LogP contribution in [0.2, 0.25) is 0 Å². The van der Waals surface area contributed by atoms with Crippen molar-refractivity contribution < 1.29 is 22.7 Å². The quantitative estimate of drug-likeness (QED) is 0.495. The number of esters is 1. The van der Waals surface area contributed by atoms with Crippen LogP contribution in [-0.4, -0.2) is 44.3 Å². The van der Waals surface area contributed by atoms with Gasteiger partial charge in [-0.15, -0.1) is 11.3 Å². The number of hydrogen-bond acceptors (Lipinski definition) is 6. The van der Waals surface area contributed by atoms with E-state index in [4.69, 9.17) is 4.74 Å². The number of amides is 1. The summed E-state index contributed by atoms with van der Waals surface area (Å²) >= 11 is 1.48. The number of nitrogens with one attached hydrogen (secondary N) is 1. The lowest BCUT2D eigenvalue weighted by molar-refractivity contribution is -0.142. The van der Waals surface area contributed by atoms with E-state index in [0.717, 1.165) is 4.88 Å². The standard InChI is InChI=1S/C19H22N2O5S2/c1-3-21(4-2)28(24,25)17-10-7-15(8-11-17)20-18(22)14-26-19(23)12-9-16-6-5-13-27-16/h5-13H,3-4,14H2,1-2H3,(H,20,22). The van der Waals surface area contributed by atoms with Crippen molar-refractivity contribution in [1.29, 1.82) is 0 Å². The van der Waals surface area contributed by atoms with Crippen LogP contribution in [0.25, 0.3) is 6.08 Å². The third-order valence-corrected chi connectivity index (χ3v) is 6.66. The van der Waals surface area contributed by atoms with Gasteiger partial charge in [-0.2, -0.15) is 4.31 Å². The molecule has 0 aliphatic rings. The van der Waals surface area contributed by atoms with Crippen LogP contribution in [0.4, 0.5) is 5.69 Å². The Morgan fingerprint density at radius 1 is 1.14 bits per heavy atom. The van der Waals surface area contributed by atoms with E-state index in [0.29, 0.717) is 18.8 Å². The molecule has 1 aromatic heterocycles. The molecule has 1 N–H and O–H groups in total. The number of carbonyl (C=O) groups is 2. The Hall–Kier alpha value is -2.49. The molecule has 2 rings (SSSR count). The first-order chi connectivity index (χ1) is 13.4. The van der Waals surface area contributed by atoms with E-state index in [2.05, 4.69) is 5.32 Å². The first-order valence-electron chi connectivity index (χ1n) is 8.65. The summed E-state index contributed by atoms with van der Waals surface area (Å²) < 4.78 is 31.1. The van der Waals surface area contributed by atoms with Crippen LogP contribution in [0.1, 0.15) is 18.7 Å². The summed E-state index contributed by atoms with van der Waals surface area (Å²) in [7, 11) is -3.55. The van der Waals surface area contributed by atoms with E-state index >= 15 is 0 Å². The second kappa shape index (κ2) is 10.2. The Bertz CT molecular complexity index is 916. The van der Waals surface area contributed by atoms with Crippen LogP contribution in [0.15, 0.2) is 52.7 Å². The number of anilines is 1. The lowest BCUT2D eigenvalue weighted by Crippen LogP contribution is -2.30. The minimum atomic E-state index is -3.55. The minimum Gasteiger partial charge on any atom is -0.452 e. The van der Waals surface area contributed by atoms with Gasteiger partial charge in [0.15, 0.2) is 6.61 Å². The first-order valence-corrected chi connectivity index (χ1v) is 11.0. The zero-order valence-electron chi connectivity index (χ0n) is 15.6. The number of carbonyl (C=O) groups excluding carboxylic acids is 2. The topological polar surface area (TPSA) is 92.8 Å². The third-order valence-electron chi connectivity index (χ3n) is 3.75. The Morgan fingerprint density at radius 3 is 2.39 bits per heavy atom. The molecule has 0 aliphatic carbocycles. The molecule has 2 aromatic rings. The fraction of sp³-hybridized carbons (Fsp3) is 0.263. The molecule has 0 fully saturated rings.